The van der Waals surface area contributed by atoms with Gasteiger partial charge in [-0.25, -0.2) is 0 Å². The monoisotopic (exact) mass is 335 g/mol. The van der Waals surface area contributed by atoms with Gasteiger partial charge >= 0.3 is 6.18 Å². The third-order valence-corrected chi connectivity index (χ3v) is 4.36. The fourth-order valence-electron chi connectivity index (χ4n) is 3.26. The van der Waals surface area contributed by atoms with E-state index in [-0.39, 0.29) is 6.04 Å². The molecule has 0 aromatic rings. The minimum absolute atomic E-state index is 0.0291. The predicted molar refractivity (Wildman–Crippen MR) is 85.6 cm³/mol. The molecule has 5 nitrogen and oxygen atoms in total. The molecule has 0 aromatic carbocycles. The molecule has 2 saturated heterocycles. The highest BCUT2D eigenvalue weighted by Crippen LogP contribution is 2.20. The third-order valence-electron chi connectivity index (χ3n) is 4.36. The van der Waals surface area contributed by atoms with Crippen LogP contribution < -0.4 is 10.6 Å². The minimum atomic E-state index is -4.12. The van der Waals surface area contributed by atoms with E-state index in [2.05, 4.69) is 27.6 Å². The molecule has 0 radical (unpaired) electrons. The Labute approximate surface area is 136 Å². The lowest BCUT2D eigenvalue weighted by atomic mass is 10.1. The Kier molecular flexibility index (Phi) is 6.52. The molecule has 2 N–H and O–H groups in total. The van der Waals surface area contributed by atoms with Gasteiger partial charge in [-0.05, 0) is 39.3 Å². The summed E-state index contributed by atoms with van der Waals surface area (Å²) in [6.45, 7) is 5.73. The van der Waals surface area contributed by atoms with E-state index in [1.165, 1.54) is 4.90 Å². The van der Waals surface area contributed by atoms with Gasteiger partial charge in [-0.15, -0.1) is 0 Å². The highest BCUT2D eigenvalue weighted by atomic mass is 19.4. The Hall–Kier alpha value is -1.02. The van der Waals surface area contributed by atoms with Crippen LogP contribution in [0.15, 0.2) is 4.99 Å². The average Bonchev–Trinajstić information content (AvgIpc) is 3.04. The van der Waals surface area contributed by atoms with Gasteiger partial charge in [0, 0.05) is 38.8 Å². The minimum Gasteiger partial charge on any atom is -0.357 e. The molecule has 2 heterocycles. The molecule has 2 aliphatic heterocycles. The van der Waals surface area contributed by atoms with E-state index < -0.39 is 12.7 Å². The topological polar surface area (TPSA) is 42.9 Å². The predicted octanol–water partition coefficient (Wildman–Crippen LogP) is 1.13. The van der Waals surface area contributed by atoms with Crippen molar-refractivity contribution in [2.45, 2.75) is 32.0 Å². The summed E-state index contributed by atoms with van der Waals surface area (Å²) >= 11 is 0. The van der Waals surface area contributed by atoms with E-state index in [1.54, 1.807) is 0 Å². The van der Waals surface area contributed by atoms with Crippen LogP contribution in [0.3, 0.4) is 0 Å². The van der Waals surface area contributed by atoms with Gasteiger partial charge in [-0.1, -0.05) is 0 Å². The van der Waals surface area contributed by atoms with Gasteiger partial charge in [-0.2, -0.15) is 13.2 Å². The number of guanidine groups is 1. The molecule has 0 spiro atoms. The van der Waals surface area contributed by atoms with Crippen LogP contribution in [0.25, 0.3) is 0 Å². The molecule has 2 atom stereocenters. The second-order valence-corrected chi connectivity index (χ2v) is 6.62. The van der Waals surface area contributed by atoms with Crippen molar-refractivity contribution < 1.29 is 13.2 Å². The molecule has 0 saturated carbocycles. The lowest BCUT2D eigenvalue weighted by Gasteiger charge is -2.20. The molecular formula is C15H28F3N5. The van der Waals surface area contributed by atoms with E-state index in [0.717, 1.165) is 38.6 Å². The molecule has 0 bridgehead atoms. The second kappa shape index (κ2) is 8.19. The number of hydrogen-bond acceptors (Lipinski definition) is 3. The SMILES string of the molecule is CCNC(=NCC1CCN(C)C1)NC1CCN(CC(F)(F)F)C1. The number of aliphatic imine (C=N–C) groups is 1. The highest BCUT2D eigenvalue weighted by molar-refractivity contribution is 5.80. The zero-order valence-electron chi connectivity index (χ0n) is 14.0. The molecule has 8 heteroatoms. The average molecular weight is 335 g/mol. The molecule has 134 valence electrons. The number of halogens is 3. The molecule has 0 aliphatic carbocycles. The van der Waals surface area contributed by atoms with Crippen molar-refractivity contribution in [3.8, 4) is 0 Å². The summed E-state index contributed by atoms with van der Waals surface area (Å²) in [5.41, 5.74) is 0. The van der Waals surface area contributed by atoms with Gasteiger partial charge in [0.15, 0.2) is 5.96 Å². The number of likely N-dealkylation sites (tertiary alicyclic amines) is 2. The van der Waals surface area contributed by atoms with Crippen LogP contribution in [0.5, 0.6) is 0 Å². The van der Waals surface area contributed by atoms with Gasteiger partial charge in [-0.3, -0.25) is 9.89 Å². The first kappa shape index (κ1) is 18.3. The molecule has 0 amide bonds. The van der Waals surface area contributed by atoms with Gasteiger partial charge in [0.25, 0.3) is 0 Å². The molecule has 0 aromatic heterocycles. The quantitative estimate of drug-likeness (QED) is 0.584. The lowest BCUT2D eigenvalue weighted by molar-refractivity contribution is -0.143. The summed E-state index contributed by atoms with van der Waals surface area (Å²) in [6.07, 6.45) is -2.25. The summed E-state index contributed by atoms with van der Waals surface area (Å²) in [5.74, 6) is 1.29. The molecule has 23 heavy (non-hydrogen) atoms. The smallest absolute Gasteiger partial charge is 0.357 e. The fraction of sp³-hybridized carbons (Fsp3) is 0.933. The first-order valence-corrected chi connectivity index (χ1v) is 8.38. The number of alkyl halides is 3. The van der Waals surface area contributed by atoms with E-state index in [9.17, 15) is 13.2 Å². The number of nitrogens with one attached hydrogen (secondary N) is 2. The van der Waals surface area contributed by atoms with E-state index in [1.807, 2.05) is 6.92 Å². The number of hydrogen-bond donors (Lipinski definition) is 2. The van der Waals surface area contributed by atoms with Crippen molar-refractivity contribution in [3.05, 3.63) is 0 Å². The van der Waals surface area contributed by atoms with Crippen molar-refractivity contribution in [2.24, 2.45) is 10.9 Å². The molecule has 2 rings (SSSR count). The summed E-state index contributed by atoms with van der Waals surface area (Å²) in [7, 11) is 2.11. The largest absolute Gasteiger partial charge is 0.401 e. The van der Waals surface area contributed by atoms with Crippen molar-refractivity contribution in [1.82, 2.24) is 20.4 Å². The normalized spacial score (nSPS) is 27.6. The summed E-state index contributed by atoms with van der Waals surface area (Å²) in [4.78, 5) is 8.37. The molecule has 2 unspecified atom stereocenters. The Balaban J connectivity index is 1.80. The maximum absolute atomic E-state index is 12.4. The standard InChI is InChI=1S/C15H28F3N5/c1-3-19-14(20-8-12-4-6-22(2)9-12)21-13-5-7-23(10-13)11-15(16,17)18/h12-13H,3-11H2,1-2H3,(H2,19,20,21). The number of nitrogens with zero attached hydrogens (tertiary/aromatic N) is 3. The van der Waals surface area contributed by atoms with Crippen LogP contribution in [0.4, 0.5) is 13.2 Å². The summed E-state index contributed by atoms with van der Waals surface area (Å²) in [5, 5.41) is 6.48. The molecule has 2 aliphatic rings. The Morgan fingerprint density at radius 3 is 2.61 bits per heavy atom. The van der Waals surface area contributed by atoms with Crippen molar-refractivity contribution in [3.63, 3.8) is 0 Å². The van der Waals surface area contributed by atoms with Gasteiger partial charge in [0.1, 0.15) is 0 Å². The van der Waals surface area contributed by atoms with Crippen molar-refractivity contribution in [2.75, 3.05) is 52.9 Å². The van der Waals surface area contributed by atoms with Crippen LogP contribution in [0.1, 0.15) is 19.8 Å². The first-order valence-electron chi connectivity index (χ1n) is 8.38. The van der Waals surface area contributed by atoms with E-state index in [0.29, 0.717) is 25.4 Å². The Morgan fingerprint density at radius 1 is 1.22 bits per heavy atom. The second-order valence-electron chi connectivity index (χ2n) is 6.62. The summed E-state index contributed by atoms with van der Waals surface area (Å²) in [6, 6.07) is 0.0291. The van der Waals surface area contributed by atoms with Crippen LogP contribution in [0.2, 0.25) is 0 Å². The molecular weight excluding hydrogens is 307 g/mol. The van der Waals surface area contributed by atoms with Crippen molar-refractivity contribution >= 4 is 5.96 Å². The third kappa shape index (κ3) is 6.55. The fourth-order valence-corrected chi connectivity index (χ4v) is 3.26. The van der Waals surface area contributed by atoms with Crippen LogP contribution in [0, 0.1) is 5.92 Å². The zero-order chi connectivity index (χ0) is 16.9. The van der Waals surface area contributed by atoms with Crippen molar-refractivity contribution in [1.29, 1.82) is 0 Å². The maximum atomic E-state index is 12.4. The van der Waals surface area contributed by atoms with Crippen LogP contribution in [-0.4, -0.2) is 80.8 Å². The highest BCUT2D eigenvalue weighted by Gasteiger charge is 2.34. The van der Waals surface area contributed by atoms with Gasteiger partial charge < -0.3 is 15.5 Å². The maximum Gasteiger partial charge on any atom is 0.401 e. The van der Waals surface area contributed by atoms with Gasteiger partial charge in [0.2, 0.25) is 0 Å². The number of rotatable bonds is 5. The Morgan fingerprint density at radius 2 is 2.00 bits per heavy atom. The Bertz CT molecular complexity index is 399. The van der Waals surface area contributed by atoms with Gasteiger partial charge in [0.05, 0.1) is 6.54 Å². The zero-order valence-corrected chi connectivity index (χ0v) is 14.0. The van der Waals surface area contributed by atoms with E-state index >= 15 is 0 Å². The lowest BCUT2D eigenvalue weighted by Crippen LogP contribution is -2.45. The summed E-state index contributed by atoms with van der Waals surface area (Å²) < 4.78 is 37.3. The first-order chi connectivity index (χ1) is 10.9. The molecule has 2 fully saturated rings. The van der Waals surface area contributed by atoms with Crippen LogP contribution >= 0.6 is 0 Å². The van der Waals surface area contributed by atoms with Crippen LogP contribution in [-0.2, 0) is 0 Å². The van der Waals surface area contributed by atoms with E-state index in [4.69, 9.17) is 0 Å².